The van der Waals surface area contributed by atoms with E-state index in [-0.39, 0.29) is 12.5 Å². The maximum Gasteiger partial charge on any atom is 0.329 e. The minimum Gasteiger partial charge on any atom is -0.480 e. The van der Waals surface area contributed by atoms with Gasteiger partial charge in [-0.25, -0.2) is 4.79 Å². The van der Waals surface area contributed by atoms with Crippen LogP contribution in [0.15, 0.2) is 0 Å². The SMILES string of the molecule is O=C(O)COCC(=O)NCCN1CCSCC1. The Kier molecular flexibility index (Phi) is 6.99. The number of nitrogens with one attached hydrogen (secondary N) is 1. The summed E-state index contributed by atoms with van der Waals surface area (Å²) in [6.45, 7) is 2.93. The van der Waals surface area contributed by atoms with E-state index in [0.29, 0.717) is 6.54 Å². The number of rotatable bonds is 7. The van der Waals surface area contributed by atoms with Gasteiger partial charge in [0.1, 0.15) is 13.2 Å². The van der Waals surface area contributed by atoms with Crippen molar-refractivity contribution in [3.8, 4) is 0 Å². The summed E-state index contributed by atoms with van der Waals surface area (Å²) in [5.41, 5.74) is 0. The minimum atomic E-state index is -1.07. The maximum absolute atomic E-state index is 11.2. The van der Waals surface area contributed by atoms with Gasteiger partial charge < -0.3 is 15.2 Å². The van der Waals surface area contributed by atoms with Gasteiger partial charge in [0.2, 0.25) is 5.91 Å². The first kappa shape index (κ1) is 14.3. The van der Waals surface area contributed by atoms with Crippen LogP contribution in [0.1, 0.15) is 0 Å². The first-order valence-corrected chi connectivity index (χ1v) is 6.70. The Hall–Kier alpha value is -0.790. The quantitative estimate of drug-likeness (QED) is 0.629. The number of thioether (sulfide) groups is 1. The molecule has 98 valence electrons. The average molecular weight is 262 g/mol. The van der Waals surface area contributed by atoms with Gasteiger partial charge in [0, 0.05) is 37.7 Å². The molecule has 0 saturated carbocycles. The third kappa shape index (κ3) is 7.19. The molecule has 1 saturated heterocycles. The second kappa shape index (κ2) is 8.32. The van der Waals surface area contributed by atoms with E-state index in [1.54, 1.807) is 0 Å². The number of nitrogens with zero attached hydrogens (tertiary/aromatic N) is 1. The van der Waals surface area contributed by atoms with E-state index >= 15 is 0 Å². The predicted molar refractivity (Wildman–Crippen MR) is 65.2 cm³/mol. The van der Waals surface area contributed by atoms with Crippen molar-refractivity contribution in [3.05, 3.63) is 0 Å². The van der Waals surface area contributed by atoms with E-state index in [1.807, 2.05) is 11.8 Å². The Morgan fingerprint density at radius 3 is 2.65 bits per heavy atom. The molecule has 1 amide bonds. The number of hydrogen-bond acceptors (Lipinski definition) is 5. The zero-order chi connectivity index (χ0) is 12.5. The van der Waals surface area contributed by atoms with Crippen molar-refractivity contribution in [2.75, 3.05) is 50.9 Å². The summed E-state index contributed by atoms with van der Waals surface area (Å²) in [7, 11) is 0. The van der Waals surface area contributed by atoms with Gasteiger partial charge in [0.05, 0.1) is 0 Å². The lowest BCUT2D eigenvalue weighted by Gasteiger charge is -2.25. The van der Waals surface area contributed by atoms with Crippen LogP contribution in [-0.4, -0.2) is 72.8 Å². The lowest BCUT2D eigenvalue weighted by molar-refractivity contribution is -0.143. The Morgan fingerprint density at radius 1 is 1.29 bits per heavy atom. The lowest BCUT2D eigenvalue weighted by atomic mass is 10.4. The molecule has 17 heavy (non-hydrogen) atoms. The molecule has 0 aliphatic carbocycles. The Morgan fingerprint density at radius 2 is 2.00 bits per heavy atom. The van der Waals surface area contributed by atoms with Gasteiger partial charge in [-0.05, 0) is 0 Å². The number of ether oxygens (including phenoxy) is 1. The van der Waals surface area contributed by atoms with E-state index in [9.17, 15) is 9.59 Å². The molecule has 2 N–H and O–H groups in total. The number of hydrogen-bond donors (Lipinski definition) is 2. The molecule has 1 heterocycles. The second-order valence-electron chi connectivity index (χ2n) is 3.69. The lowest BCUT2D eigenvalue weighted by Crippen LogP contribution is -2.40. The molecule has 1 aliphatic heterocycles. The van der Waals surface area contributed by atoms with E-state index in [4.69, 9.17) is 5.11 Å². The standard InChI is InChI=1S/C10H18N2O4S/c13-9(7-16-8-10(14)15)11-1-2-12-3-5-17-6-4-12/h1-8H2,(H,11,13)(H,14,15). The first-order chi connectivity index (χ1) is 8.18. The van der Waals surface area contributed by atoms with E-state index < -0.39 is 12.6 Å². The number of carbonyl (C=O) groups is 2. The first-order valence-electron chi connectivity index (χ1n) is 5.55. The maximum atomic E-state index is 11.2. The average Bonchev–Trinajstić information content (AvgIpc) is 2.30. The van der Waals surface area contributed by atoms with Gasteiger partial charge >= 0.3 is 5.97 Å². The van der Waals surface area contributed by atoms with Gasteiger partial charge in [-0.3, -0.25) is 9.69 Å². The molecule has 0 aromatic rings. The van der Waals surface area contributed by atoms with Gasteiger partial charge in [-0.1, -0.05) is 0 Å². The molecule has 1 rings (SSSR count). The van der Waals surface area contributed by atoms with E-state index in [1.165, 1.54) is 0 Å². The van der Waals surface area contributed by atoms with Crippen LogP contribution in [-0.2, 0) is 14.3 Å². The Labute approximate surface area is 105 Å². The fourth-order valence-electron chi connectivity index (χ4n) is 1.46. The summed E-state index contributed by atoms with van der Waals surface area (Å²) in [6.07, 6.45) is 0. The molecule has 0 bridgehead atoms. The zero-order valence-corrected chi connectivity index (χ0v) is 10.5. The monoisotopic (exact) mass is 262 g/mol. The number of aliphatic carboxylic acids is 1. The van der Waals surface area contributed by atoms with Crippen molar-refractivity contribution in [3.63, 3.8) is 0 Å². The van der Waals surface area contributed by atoms with Crippen LogP contribution in [0.4, 0.5) is 0 Å². The number of carboxylic acid groups (broad SMARTS) is 1. The van der Waals surface area contributed by atoms with Crippen LogP contribution in [0.3, 0.4) is 0 Å². The van der Waals surface area contributed by atoms with E-state index in [2.05, 4.69) is 15.0 Å². The molecule has 0 aromatic heterocycles. The molecule has 1 fully saturated rings. The third-order valence-electron chi connectivity index (χ3n) is 2.31. The molecule has 0 atom stereocenters. The third-order valence-corrected chi connectivity index (χ3v) is 3.26. The minimum absolute atomic E-state index is 0.192. The summed E-state index contributed by atoms with van der Waals surface area (Å²) in [5, 5.41) is 11.0. The normalized spacial score (nSPS) is 16.7. The molecule has 0 spiro atoms. The van der Waals surface area contributed by atoms with Crippen LogP contribution < -0.4 is 5.32 Å². The molecular weight excluding hydrogens is 244 g/mol. The number of amides is 1. The summed E-state index contributed by atoms with van der Waals surface area (Å²) in [4.78, 5) is 23.7. The van der Waals surface area contributed by atoms with Crippen molar-refractivity contribution in [2.45, 2.75) is 0 Å². The Bertz CT molecular complexity index is 257. The highest BCUT2D eigenvalue weighted by atomic mass is 32.2. The van der Waals surface area contributed by atoms with Crippen LogP contribution in [0, 0.1) is 0 Å². The van der Waals surface area contributed by atoms with Gasteiger partial charge in [0.25, 0.3) is 0 Å². The molecule has 0 aromatic carbocycles. The van der Waals surface area contributed by atoms with Gasteiger partial charge in [-0.2, -0.15) is 11.8 Å². The second-order valence-corrected chi connectivity index (χ2v) is 4.92. The fourth-order valence-corrected chi connectivity index (χ4v) is 2.44. The van der Waals surface area contributed by atoms with Crippen molar-refractivity contribution in [1.29, 1.82) is 0 Å². The highest BCUT2D eigenvalue weighted by Crippen LogP contribution is 2.07. The van der Waals surface area contributed by atoms with Crippen molar-refractivity contribution < 1.29 is 19.4 Å². The summed E-state index contributed by atoms with van der Waals surface area (Å²) in [5.74, 6) is 0.965. The molecule has 6 nitrogen and oxygen atoms in total. The van der Waals surface area contributed by atoms with Gasteiger partial charge in [0.15, 0.2) is 0 Å². The summed E-state index contributed by atoms with van der Waals surface area (Å²) >= 11 is 1.95. The van der Waals surface area contributed by atoms with Gasteiger partial charge in [-0.15, -0.1) is 0 Å². The zero-order valence-electron chi connectivity index (χ0n) is 9.68. The van der Waals surface area contributed by atoms with Crippen molar-refractivity contribution in [2.24, 2.45) is 0 Å². The highest BCUT2D eigenvalue weighted by Gasteiger charge is 2.10. The van der Waals surface area contributed by atoms with Crippen LogP contribution in [0.2, 0.25) is 0 Å². The molecule has 0 radical (unpaired) electrons. The summed E-state index contributed by atoms with van der Waals surface area (Å²) in [6, 6.07) is 0. The van der Waals surface area contributed by atoms with Crippen LogP contribution >= 0.6 is 11.8 Å². The van der Waals surface area contributed by atoms with Crippen LogP contribution in [0.5, 0.6) is 0 Å². The topological polar surface area (TPSA) is 78.9 Å². The fraction of sp³-hybridized carbons (Fsp3) is 0.800. The van der Waals surface area contributed by atoms with E-state index in [0.717, 1.165) is 31.1 Å². The smallest absolute Gasteiger partial charge is 0.329 e. The number of carboxylic acids is 1. The largest absolute Gasteiger partial charge is 0.480 e. The van der Waals surface area contributed by atoms with Crippen molar-refractivity contribution in [1.82, 2.24) is 10.2 Å². The molecule has 1 aliphatic rings. The van der Waals surface area contributed by atoms with Crippen molar-refractivity contribution >= 4 is 23.6 Å². The predicted octanol–water partition coefficient (Wildman–Crippen LogP) is -0.747. The molecule has 0 unspecified atom stereocenters. The summed E-state index contributed by atoms with van der Waals surface area (Å²) < 4.78 is 4.67. The molecule has 7 heteroatoms. The van der Waals surface area contributed by atoms with Crippen LogP contribution in [0.25, 0.3) is 0 Å². The molecular formula is C10H18N2O4S. The Balaban J connectivity index is 1.97. The highest BCUT2D eigenvalue weighted by molar-refractivity contribution is 7.99. The number of carbonyl (C=O) groups excluding carboxylic acids is 1.